The van der Waals surface area contributed by atoms with Crippen molar-refractivity contribution in [3.8, 4) is 5.75 Å². The molecule has 2 heterocycles. The highest BCUT2D eigenvalue weighted by atomic mass is 32.2. The summed E-state index contributed by atoms with van der Waals surface area (Å²) in [6.45, 7) is 5.97. The zero-order chi connectivity index (χ0) is 25.9. The zero-order valence-corrected chi connectivity index (χ0v) is 21.8. The van der Waals surface area contributed by atoms with Gasteiger partial charge in [0.2, 0.25) is 0 Å². The van der Waals surface area contributed by atoms with Crippen molar-refractivity contribution in [1.82, 2.24) is 10.3 Å². The zero-order valence-electron chi connectivity index (χ0n) is 20.9. The Morgan fingerprint density at radius 1 is 1.08 bits per heavy atom. The SMILES string of the molecule is CCN(CC)c1ccc([C@@H]2N=c3ccccc3=C3C(=O)NC(SCc4ccccc4F)=NN32)c(OC)c1. The maximum absolute atomic E-state index is 14.2. The maximum Gasteiger partial charge on any atom is 0.276 e. The van der Waals surface area contributed by atoms with Gasteiger partial charge in [-0.1, -0.05) is 48.2 Å². The van der Waals surface area contributed by atoms with Crippen LogP contribution < -0.4 is 25.5 Å². The van der Waals surface area contributed by atoms with E-state index in [9.17, 15) is 9.18 Å². The molecule has 0 aliphatic carbocycles. The summed E-state index contributed by atoms with van der Waals surface area (Å²) in [4.78, 5) is 20.6. The van der Waals surface area contributed by atoms with Crippen molar-refractivity contribution in [2.75, 3.05) is 25.1 Å². The van der Waals surface area contributed by atoms with Crippen molar-refractivity contribution in [2.24, 2.45) is 10.1 Å². The van der Waals surface area contributed by atoms with Gasteiger partial charge in [-0.15, -0.1) is 5.10 Å². The molecule has 3 aromatic rings. The number of methoxy groups -OCH3 is 1. The third kappa shape index (κ3) is 4.79. The lowest BCUT2D eigenvalue weighted by Gasteiger charge is -2.34. The summed E-state index contributed by atoms with van der Waals surface area (Å²) < 4.78 is 20.0. The lowest BCUT2D eigenvalue weighted by molar-refractivity contribution is -0.116. The molecule has 1 amide bonds. The van der Waals surface area contributed by atoms with Gasteiger partial charge in [-0.05, 0) is 43.7 Å². The van der Waals surface area contributed by atoms with E-state index in [4.69, 9.17) is 14.8 Å². The number of nitrogens with one attached hydrogen (secondary N) is 1. The standard InChI is InChI=1S/C28H28FN5O2S/c1-4-33(5-2)19-14-15-21(24(16-19)36-3)26-30-23-13-9-7-11-20(23)25-27(35)31-28(32-34(25)26)37-17-18-10-6-8-12-22(18)29/h6-16,26H,4-5,17H2,1-3H3,(H,31,32,35)/t26-/m1/s1. The first-order valence-electron chi connectivity index (χ1n) is 12.2. The quantitative estimate of drug-likeness (QED) is 0.517. The van der Waals surface area contributed by atoms with Gasteiger partial charge in [0.05, 0.1) is 12.5 Å². The molecule has 0 saturated carbocycles. The average Bonchev–Trinajstić information content (AvgIpc) is 2.92. The van der Waals surface area contributed by atoms with Crippen LogP contribution in [0.15, 0.2) is 76.8 Å². The molecule has 3 aromatic carbocycles. The third-order valence-corrected chi connectivity index (χ3v) is 7.37. The fourth-order valence-electron chi connectivity index (χ4n) is 4.56. The van der Waals surface area contributed by atoms with Crippen LogP contribution in [0.3, 0.4) is 0 Å². The van der Waals surface area contributed by atoms with Gasteiger partial charge in [0.15, 0.2) is 11.3 Å². The molecule has 7 nitrogen and oxygen atoms in total. The molecule has 2 aliphatic rings. The van der Waals surface area contributed by atoms with Crippen molar-refractivity contribution in [3.05, 3.63) is 94.3 Å². The summed E-state index contributed by atoms with van der Waals surface area (Å²) in [5.74, 6) is 0.424. The summed E-state index contributed by atoms with van der Waals surface area (Å²) in [6, 6.07) is 20.2. The minimum absolute atomic E-state index is 0.280. The molecular weight excluding hydrogens is 489 g/mol. The van der Waals surface area contributed by atoms with Crippen molar-refractivity contribution in [2.45, 2.75) is 25.8 Å². The highest BCUT2D eigenvalue weighted by molar-refractivity contribution is 8.13. The number of carbonyl (C=O) groups excluding carboxylic acids is 1. The van der Waals surface area contributed by atoms with Crippen LogP contribution in [-0.4, -0.2) is 36.3 Å². The summed E-state index contributed by atoms with van der Waals surface area (Å²) in [5, 5.41) is 11.1. The highest BCUT2D eigenvalue weighted by Gasteiger charge is 2.35. The highest BCUT2D eigenvalue weighted by Crippen LogP contribution is 2.37. The summed E-state index contributed by atoms with van der Waals surface area (Å²) >= 11 is 1.27. The molecule has 2 aliphatic heterocycles. The number of fused-ring (bicyclic) bond motifs is 2. The monoisotopic (exact) mass is 517 g/mol. The smallest absolute Gasteiger partial charge is 0.276 e. The van der Waals surface area contributed by atoms with Crippen LogP contribution in [0.1, 0.15) is 31.1 Å². The number of hydrazone groups is 1. The van der Waals surface area contributed by atoms with Crippen LogP contribution in [0, 0.1) is 5.82 Å². The van der Waals surface area contributed by atoms with Gasteiger partial charge in [0.25, 0.3) is 5.91 Å². The number of benzene rings is 3. The Hall–Kier alpha value is -3.85. The lowest BCUT2D eigenvalue weighted by atomic mass is 10.1. The number of hydrogen-bond donors (Lipinski definition) is 1. The number of hydrogen-bond acceptors (Lipinski definition) is 7. The summed E-state index contributed by atoms with van der Waals surface area (Å²) in [5.41, 5.74) is 2.80. The lowest BCUT2D eigenvalue weighted by Crippen LogP contribution is -2.50. The van der Waals surface area contributed by atoms with E-state index in [-0.39, 0.29) is 11.7 Å². The second-order valence-electron chi connectivity index (χ2n) is 8.55. The number of para-hydroxylation sites is 1. The van der Waals surface area contributed by atoms with Crippen LogP contribution in [0.25, 0.3) is 5.70 Å². The molecular formula is C28H28FN5O2S. The number of amides is 1. The van der Waals surface area contributed by atoms with Gasteiger partial charge in [-0.25, -0.2) is 9.40 Å². The van der Waals surface area contributed by atoms with E-state index in [1.807, 2.05) is 42.5 Å². The average molecular weight is 518 g/mol. The Labute approximate surface area is 219 Å². The first-order valence-corrected chi connectivity index (χ1v) is 13.2. The fourth-order valence-corrected chi connectivity index (χ4v) is 5.39. The van der Waals surface area contributed by atoms with Gasteiger partial charge >= 0.3 is 0 Å². The van der Waals surface area contributed by atoms with Crippen LogP contribution in [0.4, 0.5) is 10.1 Å². The Balaban J connectivity index is 1.58. The van der Waals surface area contributed by atoms with E-state index < -0.39 is 6.17 Å². The Morgan fingerprint density at radius 2 is 1.84 bits per heavy atom. The van der Waals surface area contributed by atoms with Crippen molar-refractivity contribution < 1.29 is 13.9 Å². The second kappa shape index (κ2) is 10.6. The number of ether oxygens (including phenoxy) is 1. The number of amidine groups is 1. The molecule has 0 saturated heterocycles. The van der Waals surface area contributed by atoms with Crippen molar-refractivity contribution in [3.63, 3.8) is 0 Å². The van der Waals surface area contributed by atoms with E-state index >= 15 is 0 Å². The Kier molecular flexibility index (Phi) is 7.14. The van der Waals surface area contributed by atoms with Gasteiger partial charge in [-0.2, -0.15) is 0 Å². The van der Waals surface area contributed by atoms with Crippen LogP contribution in [-0.2, 0) is 10.5 Å². The second-order valence-corrected chi connectivity index (χ2v) is 9.52. The van der Waals surface area contributed by atoms with Gasteiger partial charge in [0, 0.05) is 41.4 Å². The largest absolute Gasteiger partial charge is 0.496 e. The molecule has 1 atom stereocenters. The molecule has 0 bridgehead atoms. The Morgan fingerprint density at radius 3 is 2.59 bits per heavy atom. The van der Waals surface area contributed by atoms with Gasteiger partial charge in [-0.3, -0.25) is 15.1 Å². The number of nitrogens with zero attached hydrogens (tertiary/aromatic N) is 4. The van der Waals surface area contributed by atoms with Crippen molar-refractivity contribution >= 4 is 34.2 Å². The third-order valence-electron chi connectivity index (χ3n) is 6.46. The minimum atomic E-state index is -0.610. The van der Waals surface area contributed by atoms with Crippen LogP contribution in [0.2, 0.25) is 0 Å². The van der Waals surface area contributed by atoms with E-state index in [2.05, 4.69) is 24.1 Å². The molecule has 0 unspecified atom stereocenters. The summed E-state index contributed by atoms with van der Waals surface area (Å²) in [7, 11) is 1.63. The molecule has 190 valence electrons. The molecule has 9 heteroatoms. The van der Waals surface area contributed by atoms with Crippen molar-refractivity contribution in [1.29, 1.82) is 0 Å². The normalized spacial score (nSPS) is 16.3. The summed E-state index contributed by atoms with van der Waals surface area (Å²) in [6.07, 6.45) is -0.610. The van der Waals surface area contributed by atoms with E-state index in [0.29, 0.717) is 38.5 Å². The number of rotatable bonds is 7. The van der Waals surface area contributed by atoms with E-state index in [1.165, 1.54) is 17.8 Å². The number of carbonyl (C=O) groups is 1. The molecule has 0 radical (unpaired) electrons. The Bertz CT molecular complexity index is 1490. The van der Waals surface area contributed by atoms with E-state index in [0.717, 1.165) is 24.3 Å². The molecule has 37 heavy (non-hydrogen) atoms. The molecule has 5 rings (SSSR count). The first kappa shape index (κ1) is 24.8. The maximum atomic E-state index is 14.2. The topological polar surface area (TPSA) is 69.5 Å². The molecule has 0 fully saturated rings. The van der Waals surface area contributed by atoms with Gasteiger partial charge < -0.3 is 9.64 Å². The number of halogens is 1. The minimum Gasteiger partial charge on any atom is -0.496 e. The van der Waals surface area contributed by atoms with E-state index in [1.54, 1.807) is 30.3 Å². The molecule has 0 spiro atoms. The van der Waals surface area contributed by atoms with Gasteiger partial charge in [0.1, 0.15) is 17.3 Å². The fraction of sp³-hybridized carbons (Fsp3) is 0.250. The molecule has 1 N–H and O–H groups in total. The number of thioether (sulfide) groups is 1. The predicted octanol–water partition coefficient (Wildman–Crippen LogP) is 3.76. The number of anilines is 1. The van der Waals surface area contributed by atoms with Crippen LogP contribution in [0.5, 0.6) is 5.75 Å². The predicted molar refractivity (Wildman–Crippen MR) is 145 cm³/mol. The molecule has 0 aromatic heterocycles. The first-order chi connectivity index (χ1) is 18.0. The van der Waals surface area contributed by atoms with Crippen LogP contribution >= 0.6 is 11.8 Å².